The number of amides is 2. The van der Waals surface area contributed by atoms with Crippen LogP contribution in [-0.4, -0.2) is 35.3 Å². The zero-order valence-electron chi connectivity index (χ0n) is 11.9. The molecule has 1 heterocycles. The molecule has 0 spiro atoms. The predicted molar refractivity (Wildman–Crippen MR) is 72.2 cm³/mol. The molecule has 2 atom stereocenters. The maximum absolute atomic E-state index is 12.2. The second kappa shape index (κ2) is 7.39. The summed E-state index contributed by atoms with van der Waals surface area (Å²) >= 11 is 0. The minimum absolute atomic E-state index is 0.0105. The second-order valence-electron chi connectivity index (χ2n) is 5.17. The molecule has 1 rings (SSSR count). The molecule has 0 radical (unpaired) electrons. The van der Waals surface area contributed by atoms with Crippen LogP contribution in [0, 0.1) is 0 Å². The molecule has 0 saturated carbocycles. The topological polar surface area (TPSA) is 49.4 Å². The van der Waals surface area contributed by atoms with Gasteiger partial charge in [0.25, 0.3) is 0 Å². The van der Waals surface area contributed by atoms with Crippen molar-refractivity contribution in [1.29, 1.82) is 0 Å². The van der Waals surface area contributed by atoms with Gasteiger partial charge < -0.3 is 10.2 Å². The number of rotatable bonds is 7. The molecule has 1 aliphatic rings. The van der Waals surface area contributed by atoms with Crippen LogP contribution in [0.5, 0.6) is 0 Å². The molecule has 0 bridgehead atoms. The third-order valence-corrected chi connectivity index (χ3v) is 3.55. The molecule has 0 aliphatic carbocycles. The van der Waals surface area contributed by atoms with Crippen molar-refractivity contribution in [2.24, 2.45) is 0 Å². The maximum atomic E-state index is 12.2. The fourth-order valence-electron chi connectivity index (χ4n) is 2.47. The SMILES string of the molecule is CCCCC(C)NC(=O)[C@H](CC)N1CCCC1=O. The molecule has 4 heteroatoms. The van der Waals surface area contributed by atoms with Crippen molar-refractivity contribution < 1.29 is 9.59 Å². The molecule has 1 aliphatic heterocycles. The van der Waals surface area contributed by atoms with E-state index >= 15 is 0 Å². The zero-order chi connectivity index (χ0) is 13.5. The van der Waals surface area contributed by atoms with Crippen LogP contribution in [0.25, 0.3) is 0 Å². The molecule has 1 N–H and O–H groups in total. The van der Waals surface area contributed by atoms with E-state index in [4.69, 9.17) is 0 Å². The summed E-state index contributed by atoms with van der Waals surface area (Å²) in [6.07, 6.45) is 5.44. The lowest BCUT2D eigenvalue weighted by Gasteiger charge is -2.27. The Kier molecular flexibility index (Phi) is 6.16. The lowest BCUT2D eigenvalue weighted by molar-refractivity contribution is -0.137. The van der Waals surface area contributed by atoms with Crippen LogP contribution in [0.4, 0.5) is 0 Å². The Morgan fingerprint density at radius 1 is 1.44 bits per heavy atom. The molecule has 0 aromatic heterocycles. The van der Waals surface area contributed by atoms with Crippen molar-refractivity contribution in [1.82, 2.24) is 10.2 Å². The number of unbranched alkanes of at least 4 members (excludes halogenated alkanes) is 1. The molecule has 1 saturated heterocycles. The normalized spacial score (nSPS) is 18.8. The Morgan fingerprint density at radius 2 is 2.17 bits per heavy atom. The van der Waals surface area contributed by atoms with Crippen LogP contribution in [0.2, 0.25) is 0 Å². The summed E-state index contributed by atoms with van der Waals surface area (Å²) in [5, 5.41) is 3.03. The van der Waals surface area contributed by atoms with E-state index in [0.717, 1.165) is 32.2 Å². The minimum atomic E-state index is -0.274. The van der Waals surface area contributed by atoms with E-state index in [1.54, 1.807) is 4.90 Å². The van der Waals surface area contributed by atoms with Crippen LogP contribution in [0.1, 0.15) is 59.3 Å². The lowest BCUT2D eigenvalue weighted by Crippen LogP contribution is -2.49. The first-order chi connectivity index (χ1) is 8.60. The fraction of sp³-hybridized carbons (Fsp3) is 0.857. The molecule has 4 nitrogen and oxygen atoms in total. The van der Waals surface area contributed by atoms with Gasteiger partial charge in [-0.3, -0.25) is 9.59 Å². The molecular formula is C14H26N2O2. The molecular weight excluding hydrogens is 228 g/mol. The van der Waals surface area contributed by atoms with E-state index in [1.807, 2.05) is 13.8 Å². The van der Waals surface area contributed by atoms with Crippen molar-refractivity contribution in [3.05, 3.63) is 0 Å². The van der Waals surface area contributed by atoms with Gasteiger partial charge >= 0.3 is 0 Å². The first-order valence-corrected chi connectivity index (χ1v) is 7.20. The highest BCUT2D eigenvalue weighted by Gasteiger charge is 2.31. The van der Waals surface area contributed by atoms with Gasteiger partial charge in [0.15, 0.2) is 0 Å². The van der Waals surface area contributed by atoms with Crippen LogP contribution >= 0.6 is 0 Å². The molecule has 0 aromatic rings. The third-order valence-electron chi connectivity index (χ3n) is 3.55. The van der Waals surface area contributed by atoms with Crippen LogP contribution in [0.15, 0.2) is 0 Å². The van der Waals surface area contributed by atoms with Crippen molar-refractivity contribution in [2.75, 3.05) is 6.54 Å². The number of hydrogen-bond acceptors (Lipinski definition) is 2. The third kappa shape index (κ3) is 4.00. The van der Waals surface area contributed by atoms with Gasteiger partial charge in [-0.15, -0.1) is 0 Å². The first-order valence-electron chi connectivity index (χ1n) is 7.20. The smallest absolute Gasteiger partial charge is 0.243 e. The molecule has 2 amide bonds. The first kappa shape index (κ1) is 15.0. The summed E-state index contributed by atoms with van der Waals surface area (Å²) < 4.78 is 0. The Bertz CT molecular complexity index is 292. The summed E-state index contributed by atoms with van der Waals surface area (Å²) in [6, 6.07) is -0.0757. The molecule has 104 valence electrons. The Balaban J connectivity index is 2.49. The van der Waals surface area contributed by atoms with E-state index in [-0.39, 0.29) is 23.9 Å². The van der Waals surface area contributed by atoms with E-state index < -0.39 is 0 Å². The van der Waals surface area contributed by atoms with Crippen LogP contribution in [-0.2, 0) is 9.59 Å². The van der Waals surface area contributed by atoms with E-state index in [1.165, 1.54) is 0 Å². The van der Waals surface area contributed by atoms with Crippen molar-refractivity contribution >= 4 is 11.8 Å². The van der Waals surface area contributed by atoms with Gasteiger partial charge in [-0.1, -0.05) is 26.7 Å². The minimum Gasteiger partial charge on any atom is -0.352 e. The maximum Gasteiger partial charge on any atom is 0.243 e. The molecule has 1 fully saturated rings. The lowest BCUT2D eigenvalue weighted by atomic mass is 10.1. The van der Waals surface area contributed by atoms with Crippen LogP contribution in [0.3, 0.4) is 0 Å². The van der Waals surface area contributed by atoms with Gasteiger partial charge in [0.1, 0.15) is 6.04 Å². The van der Waals surface area contributed by atoms with Crippen molar-refractivity contribution in [2.45, 2.75) is 71.4 Å². The second-order valence-corrected chi connectivity index (χ2v) is 5.17. The van der Waals surface area contributed by atoms with Gasteiger partial charge in [0.2, 0.25) is 11.8 Å². The Hall–Kier alpha value is -1.06. The van der Waals surface area contributed by atoms with Crippen molar-refractivity contribution in [3.8, 4) is 0 Å². The number of hydrogen-bond donors (Lipinski definition) is 1. The predicted octanol–water partition coefficient (Wildman–Crippen LogP) is 2.08. The number of nitrogens with zero attached hydrogens (tertiary/aromatic N) is 1. The fourth-order valence-corrected chi connectivity index (χ4v) is 2.47. The van der Waals surface area contributed by atoms with Gasteiger partial charge in [-0.2, -0.15) is 0 Å². The van der Waals surface area contributed by atoms with E-state index in [9.17, 15) is 9.59 Å². The Labute approximate surface area is 110 Å². The monoisotopic (exact) mass is 254 g/mol. The van der Waals surface area contributed by atoms with E-state index in [2.05, 4.69) is 12.2 Å². The molecule has 0 aromatic carbocycles. The average Bonchev–Trinajstić information content (AvgIpc) is 2.74. The van der Waals surface area contributed by atoms with Crippen molar-refractivity contribution in [3.63, 3.8) is 0 Å². The van der Waals surface area contributed by atoms with Crippen LogP contribution < -0.4 is 5.32 Å². The number of carbonyl (C=O) groups excluding carboxylic acids is 2. The van der Waals surface area contributed by atoms with E-state index in [0.29, 0.717) is 12.8 Å². The highest BCUT2D eigenvalue weighted by atomic mass is 16.2. The number of carbonyl (C=O) groups is 2. The molecule has 1 unspecified atom stereocenters. The standard InChI is InChI=1S/C14H26N2O2/c1-4-6-8-11(3)15-14(18)12(5-2)16-10-7-9-13(16)17/h11-12H,4-10H2,1-3H3,(H,15,18)/t11?,12-/m0/s1. The highest BCUT2D eigenvalue weighted by Crippen LogP contribution is 2.16. The summed E-state index contributed by atoms with van der Waals surface area (Å²) in [7, 11) is 0. The Morgan fingerprint density at radius 3 is 2.67 bits per heavy atom. The summed E-state index contributed by atoms with van der Waals surface area (Å²) in [5.41, 5.74) is 0. The number of likely N-dealkylation sites (tertiary alicyclic amines) is 1. The van der Waals surface area contributed by atoms with Gasteiger partial charge in [-0.05, 0) is 26.2 Å². The largest absolute Gasteiger partial charge is 0.352 e. The molecule has 18 heavy (non-hydrogen) atoms. The van der Waals surface area contributed by atoms with Gasteiger partial charge in [0, 0.05) is 19.0 Å². The summed E-state index contributed by atoms with van der Waals surface area (Å²) in [4.78, 5) is 25.6. The quantitative estimate of drug-likeness (QED) is 0.756. The van der Waals surface area contributed by atoms with Gasteiger partial charge in [-0.25, -0.2) is 0 Å². The van der Waals surface area contributed by atoms with Gasteiger partial charge in [0.05, 0.1) is 0 Å². The summed E-state index contributed by atoms with van der Waals surface area (Å²) in [5.74, 6) is 0.134. The average molecular weight is 254 g/mol. The summed E-state index contributed by atoms with van der Waals surface area (Å²) in [6.45, 7) is 6.87. The zero-order valence-corrected chi connectivity index (χ0v) is 11.9. The highest BCUT2D eigenvalue weighted by molar-refractivity contribution is 5.88. The number of nitrogens with one attached hydrogen (secondary N) is 1.